The predicted octanol–water partition coefficient (Wildman–Crippen LogP) is 4.41. The van der Waals surface area contributed by atoms with E-state index in [0.29, 0.717) is 0 Å². The van der Waals surface area contributed by atoms with Crippen LogP contribution in [-0.4, -0.2) is 19.9 Å². The van der Waals surface area contributed by atoms with Gasteiger partial charge in [0.2, 0.25) is 11.6 Å². The summed E-state index contributed by atoms with van der Waals surface area (Å²) in [6.07, 6.45) is 8.19. The fraction of sp³-hybridized carbons (Fsp3) is 0.0714. The number of hydrogen-bond acceptors (Lipinski definition) is 4. The van der Waals surface area contributed by atoms with E-state index in [1.807, 2.05) is 84.2 Å². The van der Waals surface area contributed by atoms with Crippen LogP contribution in [0.4, 0.5) is 0 Å². The smallest absolute Gasteiger partial charge is 0.210 e. The lowest BCUT2D eigenvalue weighted by atomic mass is 10.1. The third-order valence-corrected chi connectivity index (χ3v) is 5.87. The summed E-state index contributed by atoms with van der Waals surface area (Å²) in [6, 6.07) is 24.6. The standard InChI is InChI=1S/C28H22N6/c1-19-29-25-9-5-3-7-23(25)27(31-19)33-15-11-21(12-16-33)22-13-17-34(18-14-22)28-24-8-4-6-10-26(24)30-20(2)32-28/h3-18H,1-2H3/q+2. The molecule has 162 valence electrons. The monoisotopic (exact) mass is 442 g/mol. The maximum Gasteiger partial charge on any atom is 0.339 e. The first-order valence-electron chi connectivity index (χ1n) is 11.2. The van der Waals surface area contributed by atoms with Crippen LogP contribution < -0.4 is 9.13 Å². The molecule has 0 radical (unpaired) electrons. The molecular formula is C28H22N6+2. The summed E-state index contributed by atoms with van der Waals surface area (Å²) in [5, 5.41) is 2.05. The van der Waals surface area contributed by atoms with Gasteiger partial charge in [0.1, 0.15) is 0 Å². The summed E-state index contributed by atoms with van der Waals surface area (Å²) in [5.41, 5.74) is 4.15. The Bertz CT molecular complexity index is 1530. The van der Waals surface area contributed by atoms with Crippen molar-refractivity contribution >= 4 is 21.8 Å². The van der Waals surface area contributed by atoms with E-state index in [0.717, 1.165) is 56.2 Å². The SMILES string of the molecule is Cc1nc(-[n+]2ccc(-c3cc[n+](-c4nc(C)nc5ccccc45)cc3)cc2)c2ccccc2n1. The fourth-order valence-electron chi connectivity index (χ4n) is 4.26. The summed E-state index contributed by atoms with van der Waals surface area (Å²) in [6.45, 7) is 3.85. The van der Waals surface area contributed by atoms with Crippen LogP contribution in [0.1, 0.15) is 11.6 Å². The van der Waals surface area contributed by atoms with Crippen LogP contribution >= 0.6 is 0 Å². The van der Waals surface area contributed by atoms with E-state index in [-0.39, 0.29) is 0 Å². The first-order chi connectivity index (χ1) is 16.7. The second-order valence-electron chi connectivity index (χ2n) is 8.21. The van der Waals surface area contributed by atoms with Crippen molar-refractivity contribution in [2.45, 2.75) is 13.8 Å². The molecule has 6 heteroatoms. The van der Waals surface area contributed by atoms with Crippen molar-refractivity contribution in [2.24, 2.45) is 0 Å². The number of aryl methyl sites for hydroxylation is 2. The molecule has 0 amide bonds. The Morgan fingerprint density at radius 3 is 1.26 bits per heavy atom. The molecule has 4 heterocycles. The van der Waals surface area contributed by atoms with Crippen LogP contribution in [0.5, 0.6) is 0 Å². The lowest BCUT2D eigenvalue weighted by Gasteiger charge is -2.05. The highest BCUT2D eigenvalue weighted by Crippen LogP contribution is 2.20. The quantitative estimate of drug-likeness (QED) is 0.381. The van der Waals surface area contributed by atoms with Gasteiger partial charge in [0, 0.05) is 13.8 Å². The molecule has 34 heavy (non-hydrogen) atoms. The zero-order valence-electron chi connectivity index (χ0n) is 18.9. The van der Waals surface area contributed by atoms with Gasteiger partial charge in [-0.25, -0.2) is 19.1 Å². The van der Waals surface area contributed by atoms with Crippen LogP contribution in [0.3, 0.4) is 0 Å². The molecule has 2 aromatic carbocycles. The largest absolute Gasteiger partial charge is 0.339 e. The van der Waals surface area contributed by atoms with Gasteiger partial charge >= 0.3 is 11.6 Å². The number of rotatable bonds is 3. The average Bonchev–Trinajstić information content (AvgIpc) is 2.88. The lowest BCUT2D eigenvalue weighted by molar-refractivity contribution is -0.598. The van der Waals surface area contributed by atoms with Gasteiger partial charge in [-0.2, -0.15) is 0 Å². The Morgan fingerprint density at radius 2 is 0.853 bits per heavy atom. The van der Waals surface area contributed by atoms with Crippen LogP contribution in [0.15, 0.2) is 97.6 Å². The molecule has 0 bridgehead atoms. The Balaban J connectivity index is 1.35. The molecule has 6 rings (SSSR count). The zero-order chi connectivity index (χ0) is 23.1. The second-order valence-corrected chi connectivity index (χ2v) is 8.21. The van der Waals surface area contributed by atoms with Crippen LogP contribution in [-0.2, 0) is 0 Å². The second kappa shape index (κ2) is 8.08. The van der Waals surface area contributed by atoms with E-state index < -0.39 is 0 Å². The van der Waals surface area contributed by atoms with E-state index in [4.69, 9.17) is 0 Å². The van der Waals surface area contributed by atoms with Gasteiger partial charge in [-0.3, -0.25) is 0 Å². The van der Waals surface area contributed by atoms with E-state index in [1.165, 1.54) is 0 Å². The molecule has 6 aromatic rings. The van der Waals surface area contributed by atoms with Gasteiger partial charge in [-0.15, -0.1) is 0 Å². The molecule has 0 saturated carbocycles. The third-order valence-electron chi connectivity index (χ3n) is 5.87. The highest BCUT2D eigenvalue weighted by molar-refractivity contribution is 5.84. The lowest BCUT2D eigenvalue weighted by Crippen LogP contribution is -2.32. The first kappa shape index (κ1) is 20.1. The Hall–Kier alpha value is -4.58. The molecule has 6 nitrogen and oxygen atoms in total. The van der Waals surface area contributed by atoms with Gasteiger partial charge < -0.3 is 0 Å². The minimum Gasteiger partial charge on any atom is -0.210 e. The van der Waals surface area contributed by atoms with Crippen LogP contribution in [0.2, 0.25) is 0 Å². The normalized spacial score (nSPS) is 11.2. The van der Waals surface area contributed by atoms with Gasteiger partial charge in [0.25, 0.3) is 0 Å². The molecule has 0 aliphatic rings. The van der Waals surface area contributed by atoms with E-state index in [9.17, 15) is 0 Å². The molecule has 0 saturated heterocycles. The first-order valence-corrected chi connectivity index (χ1v) is 11.2. The number of hydrogen-bond donors (Lipinski definition) is 0. The van der Waals surface area contributed by atoms with Gasteiger partial charge in [0.15, 0.2) is 0 Å². The molecule has 0 spiro atoms. The summed E-state index contributed by atoms with van der Waals surface area (Å²) in [7, 11) is 0. The maximum absolute atomic E-state index is 4.69. The van der Waals surface area contributed by atoms with E-state index in [1.54, 1.807) is 0 Å². The zero-order valence-corrected chi connectivity index (χ0v) is 18.9. The van der Waals surface area contributed by atoms with Crippen molar-refractivity contribution in [2.75, 3.05) is 0 Å². The summed E-state index contributed by atoms with van der Waals surface area (Å²) in [5.74, 6) is 3.27. The van der Waals surface area contributed by atoms with Crippen molar-refractivity contribution in [3.63, 3.8) is 0 Å². The maximum atomic E-state index is 4.69. The fourth-order valence-corrected chi connectivity index (χ4v) is 4.26. The number of nitrogens with zero attached hydrogens (tertiary/aromatic N) is 6. The number of aromatic nitrogens is 6. The number of pyridine rings is 2. The molecule has 0 aliphatic carbocycles. The summed E-state index contributed by atoms with van der Waals surface area (Å²) >= 11 is 0. The van der Waals surface area contributed by atoms with Gasteiger partial charge in [0.05, 0.1) is 46.6 Å². The third kappa shape index (κ3) is 3.55. The minimum atomic E-state index is 0.755. The number of para-hydroxylation sites is 2. The van der Waals surface area contributed by atoms with Crippen molar-refractivity contribution < 1.29 is 9.13 Å². The van der Waals surface area contributed by atoms with Crippen LogP contribution in [0, 0.1) is 13.8 Å². The number of fused-ring (bicyclic) bond motifs is 2. The van der Waals surface area contributed by atoms with E-state index >= 15 is 0 Å². The molecular weight excluding hydrogens is 420 g/mol. The highest BCUT2D eigenvalue weighted by Gasteiger charge is 2.17. The average molecular weight is 443 g/mol. The molecule has 0 fully saturated rings. The molecule has 0 aliphatic heterocycles. The predicted molar refractivity (Wildman–Crippen MR) is 131 cm³/mol. The summed E-state index contributed by atoms with van der Waals surface area (Å²) < 4.78 is 4.08. The topological polar surface area (TPSA) is 59.3 Å². The number of benzene rings is 2. The van der Waals surface area contributed by atoms with Crippen molar-refractivity contribution in [1.29, 1.82) is 0 Å². The summed E-state index contributed by atoms with van der Waals surface area (Å²) in [4.78, 5) is 18.5. The van der Waals surface area contributed by atoms with E-state index in [2.05, 4.69) is 56.3 Å². The highest BCUT2D eigenvalue weighted by atomic mass is 15.1. The van der Waals surface area contributed by atoms with Crippen molar-refractivity contribution in [3.05, 3.63) is 109 Å². The minimum absolute atomic E-state index is 0.755. The van der Waals surface area contributed by atoms with Crippen molar-refractivity contribution in [3.8, 4) is 22.8 Å². The molecule has 0 unspecified atom stereocenters. The van der Waals surface area contributed by atoms with Crippen molar-refractivity contribution in [1.82, 2.24) is 19.9 Å². The Morgan fingerprint density at radius 1 is 0.471 bits per heavy atom. The molecule has 0 atom stereocenters. The molecule has 0 N–H and O–H groups in total. The van der Waals surface area contributed by atoms with Crippen LogP contribution in [0.25, 0.3) is 44.6 Å². The molecule has 4 aromatic heterocycles. The Labute approximate surface area is 196 Å². The van der Waals surface area contributed by atoms with Gasteiger partial charge in [-0.05, 0) is 69.6 Å². The Kier molecular flexibility index (Phi) is 4.77. The van der Waals surface area contributed by atoms with Gasteiger partial charge in [-0.1, -0.05) is 24.3 Å².